The molecule has 9 heteroatoms. The van der Waals surface area contributed by atoms with Crippen LogP contribution in [0.15, 0.2) is 0 Å². The molecule has 0 aromatic carbocycles. The molecule has 1 aliphatic carbocycles. The van der Waals surface area contributed by atoms with Crippen LogP contribution in [0.5, 0.6) is 0 Å². The van der Waals surface area contributed by atoms with E-state index >= 15 is 0 Å². The number of halogens is 2. The van der Waals surface area contributed by atoms with E-state index in [0.717, 1.165) is 13.1 Å². The third-order valence-corrected chi connectivity index (χ3v) is 4.06. The average molecular weight is 612 g/mol. The first kappa shape index (κ1) is 31.8. The zero-order valence-corrected chi connectivity index (χ0v) is 21.2. The molecule has 1 rings (SSSR count). The van der Waals surface area contributed by atoms with E-state index in [0.29, 0.717) is 5.41 Å². The zero-order valence-electron chi connectivity index (χ0n) is 17.4. The van der Waals surface area contributed by atoms with Gasteiger partial charge in [-0.15, -0.1) is 0 Å². The van der Waals surface area contributed by atoms with Gasteiger partial charge in [-0.2, -0.15) is 0 Å². The van der Waals surface area contributed by atoms with Gasteiger partial charge in [-0.3, -0.25) is 9.59 Å². The molecule has 0 aromatic heterocycles. The molecule has 6 nitrogen and oxygen atoms in total. The van der Waals surface area contributed by atoms with Crippen molar-refractivity contribution >= 4 is 30.8 Å². The molecule has 0 amide bonds. The van der Waals surface area contributed by atoms with E-state index in [2.05, 4.69) is 0 Å². The fourth-order valence-corrected chi connectivity index (χ4v) is 1.79. The number of carbonyl (C=O) groups is 2. The van der Waals surface area contributed by atoms with Gasteiger partial charge in [-0.25, -0.2) is 0 Å². The maximum absolute atomic E-state index is 10.0. The van der Waals surface area contributed by atoms with Crippen LogP contribution in [0.4, 0.5) is 0 Å². The third kappa shape index (κ3) is 19.2. The van der Waals surface area contributed by atoms with Crippen molar-refractivity contribution in [3.05, 3.63) is 0 Å². The van der Waals surface area contributed by atoms with Gasteiger partial charge in [0.15, 0.2) is 0 Å². The minimum atomic E-state index is -0.757. The summed E-state index contributed by atoms with van der Waals surface area (Å²) in [5.74, 6) is -1.51. The summed E-state index contributed by atoms with van der Waals surface area (Å²) in [5.41, 5.74) is 10.5. The second-order valence-corrected chi connectivity index (χ2v) is 11.9. The van der Waals surface area contributed by atoms with E-state index in [4.69, 9.17) is 40.5 Å². The number of carboxylic acid groups (broad SMARTS) is 2. The first-order valence-corrected chi connectivity index (χ1v) is 14.5. The van der Waals surface area contributed by atoms with Crippen molar-refractivity contribution < 1.29 is 36.3 Å². The predicted molar refractivity (Wildman–Crippen MR) is 110 cm³/mol. The van der Waals surface area contributed by atoms with Gasteiger partial charge in [-0.1, -0.05) is 19.3 Å². The SMILES string of the molecule is CC(C)(C)C(=O)O.CC(C)(C)C(=O)O.NCC1(CN)CCCCC1.[Cl][Pt+2][Cl]. The van der Waals surface area contributed by atoms with Gasteiger partial charge >= 0.3 is 47.3 Å². The summed E-state index contributed by atoms with van der Waals surface area (Å²) in [6.45, 7) is 11.5. The topological polar surface area (TPSA) is 127 Å². The van der Waals surface area contributed by atoms with Crippen LogP contribution < -0.4 is 11.5 Å². The van der Waals surface area contributed by atoms with Crippen molar-refractivity contribution in [1.82, 2.24) is 0 Å². The average Bonchev–Trinajstić information content (AvgIpc) is 2.55. The fourth-order valence-electron chi connectivity index (χ4n) is 1.79. The van der Waals surface area contributed by atoms with Crippen LogP contribution in [0.1, 0.15) is 73.6 Å². The summed E-state index contributed by atoms with van der Waals surface area (Å²) < 4.78 is 0. The van der Waals surface area contributed by atoms with E-state index in [1.807, 2.05) is 0 Å². The van der Waals surface area contributed by atoms with Crippen molar-refractivity contribution in [3.63, 3.8) is 0 Å². The van der Waals surface area contributed by atoms with Crippen molar-refractivity contribution in [1.29, 1.82) is 0 Å². The van der Waals surface area contributed by atoms with Gasteiger partial charge in [0.1, 0.15) is 0 Å². The van der Waals surface area contributed by atoms with Crippen LogP contribution in [0.25, 0.3) is 0 Å². The van der Waals surface area contributed by atoms with Crippen molar-refractivity contribution in [2.45, 2.75) is 73.6 Å². The summed E-state index contributed by atoms with van der Waals surface area (Å²) in [6.07, 6.45) is 6.53. The van der Waals surface area contributed by atoms with Crippen LogP contribution in [0.2, 0.25) is 0 Å². The molecule has 0 saturated heterocycles. The van der Waals surface area contributed by atoms with Crippen LogP contribution in [0, 0.1) is 16.2 Å². The van der Waals surface area contributed by atoms with Crippen molar-refractivity contribution in [2.75, 3.05) is 13.1 Å². The number of carboxylic acids is 2. The van der Waals surface area contributed by atoms with Gasteiger partial charge in [0.05, 0.1) is 10.8 Å². The Bertz CT molecular complexity index is 375. The predicted octanol–water partition coefficient (Wildman–Crippen LogP) is 4.47. The van der Waals surface area contributed by atoms with Gasteiger partial charge in [0, 0.05) is 0 Å². The first-order chi connectivity index (χ1) is 12.1. The second kappa shape index (κ2) is 16.0. The Morgan fingerprint density at radius 1 is 0.852 bits per heavy atom. The molecular weight excluding hydrogens is 574 g/mol. The summed E-state index contributed by atoms with van der Waals surface area (Å²) >= 11 is -0.472. The molecule has 166 valence electrons. The number of hydrogen-bond donors (Lipinski definition) is 4. The van der Waals surface area contributed by atoms with Crippen molar-refractivity contribution in [2.24, 2.45) is 27.7 Å². The van der Waals surface area contributed by atoms with Gasteiger partial charge in [0.2, 0.25) is 0 Å². The number of aliphatic carboxylic acids is 2. The molecule has 0 bridgehead atoms. The van der Waals surface area contributed by atoms with Crippen LogP contribution in [0.3, 0.4) is 0 Å². The Hall–Kier alpha value is 0.128. The van der Waals surface area contributed by atoms with E-state index in [9.17, 15) is 9.59 Å². The van der Waals surface area contributed by atoms with Crippen molar-refractivity contribution in [3.8, 4) is 0 Å². The molecule has 0 unspecified atom stereocenters. The molecule has 0 aromatic rings. The van der Waals surface area contributed by atoms with E-state index in [1.54, 1.807) is 41.5 Å². The van der Waals surface area contributed by atoms with E-state index in [1.165, 1.54) is 32.1 Å². The van der Waals surface area contributed by atoms with E-state index < -0.39 is 39.2 Å². The van der Waals surface area contributed by atoms with Crippen LogP contribution in [-0.4, -0.2) is 35.2 Å². The molecule has 0 heterocycles. The summed E-state index contributed by atoms with van der Waals surface area (Å²) in [6, 6.07) is 0. The standard InChI is InChI=1S/C8H18N2.2C5H10O2.2ClH.Pt/c9-6-8(7-10)4-2-1-3-5-8;2*1-5(2,3)4(6)7;;;/h1-7,9-10H2;2*1-3H3,(H,6,7);2*1H;/q;;;;;+4/p-2. The Morgan fingerprint density at radius 2 is 1.07 bits per heavy atom. The molecular formula is C18H38Cl2N2O4Pt+2. The van der Waals surface area contributed by atoms with Crippen LogP contribution >= 0.6 is 18.8 Å². The normalized spacial score (nSPS) is 15.8. The molecule has 0 aliphatic heterocycles. The third-order valence-electron chi connectivity index (χ3n) is 4.06. The zero-order chi connectivity index (χ0) is 22.3. The maximum atomic E-state index is 10.0. The quantitative estimate of drug-likeness (QED) is 0.365. The molecule has 0 spiro atoms. The van der Waals surface area contributed by atoms with Gasteiger partial charge in [0.25, 0.3) is 0 Å². The Balaban J connectivity index is -0.000000305. The summed E-state index contributed by atoms with van der Waals surface area (Å²) in [4.78, 5) is 20.0. The van der Waals surface area contributed by atoms with Gasteiger partial charge in [-0.05, 0) is 72.9 Å². The van der Waals surface area contributed by atoms with E-state index in [-0.39, 0.29) is 0 Å². The van der Waals surface area contributed by atoms with Gasteiger partial charge < -0.3 is 21.7 Å². The molecule has 1 aliphatic rings. The Kier molecular flexibility index (Phi) is 18.8. The minimum absolute atomic E-state index is 0.318. The summed E-state index contributed by atoms with van der Waals surface area (Å²) in [5, 5.41) is 16.5. The number of rotatable bonds is 2. The molecule has 6 N–H and O–H groups in total. The number of hydrogen-bond acceptors (Lipinski definition) is 4. The molecule has 1 fully saturated rings. The molecule has 27 heavy (non-hydrogen) atoms. The Labute approximate surface area is 181 Å². The first-order valence-electron chi connectivity index (χ1n) is 8.83. The molecule has 0 radical (unpaired) electrons. The Morgan fingerprint density at radius 3 is 1.19 bits per heavy atom. The summed E-state index contributed by atoms with van der Waals surface area (Å²) in [7, 11) is 9.75. The molecule has 0 atom stereocenters. The second-order valence-electron chi connectivity index (χ2n) is 8.62. The monoisotopic (exact) mass is 611 g/mol. The number of nitrogens with two attached hydrogens (primary N) is 2. The molecule has 1 saturated carbocycles. The fraction of sp³-hybridized carbons (Fsp3) is 0.889. The van der Waals surface area contributed by atoms with Crippen LogP contribution in [-0.2, 0) is 26.1 Å².